The van der Waals surface area contributed by atoms with Gasteiger partial charge in [-0.2, -0.15) is 0 Å². The number of hydrogen-bond acceptors (Lipinski definition) is 2. The van der Waals surface area contributed by atoms with Crippen molar-refractivity contribution in [3.8, 4) is 0 Å². The fraction of sp³-hybridized carbons (Fsp3) is 0.182. The standard InChI is InChI=1S/C11H10N2/c1-2-8-4-6-12-10-5-7-13-9(3-1)11(8)10/h1-3,5,7,12H,4,6H2. The van der Waals surface area contributed by atoms with Crippen molar-refractivity contribution in [3.63, 3.8) is 0 Å². The Balaban J connectivity index is 2.49. The van der Waals surface area contributed by atoms with Crippen LogP contribution in [0.1, 0.15) is 5.56 Å². The minimum Gasteiger partial charge on any atom is -0.384 e. The Morgan fingerprint density at radius 2 is 2.23 bits per heavy atom. The maximum Gasteiger partial charge on any atom is 0.0725 e. The first-order chi connectivity index (χ1) is 6.45. The topological polar surface area (TPSA) is 24.9 Å². The average molecular weight is 170 g/mol. The van der Waals surface area contributed by atoms with Gasteiger partial charge in [-0.25, -0.2) is 0 Å². The van der Waals surface area contributed by atoms with Gasteiger partial charge in [-0.1, -0.05) is 12.1 Å². The van der Waals surface area contributed by atoms with Gasteiger partial charge in [0.2, 0.25) is 0 Å². The van der Waals surface area contributed by atoms with E-state index in [0.29, 0.717) is 0 Å². The quantitative estimate of drug-likeness (QED) is 0.655. The van der Waals surface area contributed by atoms with E-state index in [-0.39, 0.29) is 0 Å². The Hall–Kier alpha value is -1.57. The predicted molar refractivity (Wildman–Crippen MR) is 53.9 cm³/mol. The molecule has 1 aromatic heterocycles. The molecule has 0 unspecified atom stereocenters. The Kier molecular flexibility index (Phi) is 1.30. The molecule has 1 N–H and O–H groups in total. The average Bonchev–Trinajstić information content (AvgIpc) is 2.19. The van der Waals surface area contributed by atoms with Gasteiger partial charge in [0.25, 0.3) is 0 Å². The molecule has 3 rings (SSSR count). The van der Waals surface area contributed by atoms with Crippen LogP contribution in [0.5, 0.6) is 0 Å². The summed E-state index contributed by atoms with van der Waals surface area (Å²) in [4.78, 5) is 4.34. The van der Waals surface area contributed by atoms with Crippen molar-refractivity contribution in [2.24, 2.45) is 0 Å². The largest absolute Gasteiger partial charge is 0.384 e. The SMILES string of the molecule is c1cc2c3c(ccnc3c1)NCC2. The van der Waals surface area contributed by atoms with Crippen molar-refractivity contribution in [3.05, 3.63) is 36.0 Å². The summed E-state index contributed by atoms with van der Waals surface area (Å²) in [6.45, 7) is 1.04. The van der Waals surface area contributed by atoms with Crippen LogP contribution in [-0.2, 0) is 6.42 Å². The molecular formula is C11H10N2. The molecule has 0 fully saturated rings. The van der Waals surface area contributed by atoms with E-state index in [1.807, 2.05) is 12.3 Å². The molecule has 0 amide bonds. The predicted octanol–water partition coefficient (Wildman–Crippen LogP) is 2.20. The van der Waals surface area contributed by atoms with Gasteiger partial charge in [-0.3, -0.25) is 4.98 Å². The van der Waals surface area contributed by atoms with Crippen molar-refractivity contribution in [2.75, 3.05) is 11.9 Å². The van der Waals surface area contributed by atoms with Crippen LogP contribution in [0.4, 0.5) is 5.69 Å². The molecule has 2 heterocycles. The summed E-state index contributed by atoms with van der Waals surface area (Å²) in [6.07, 6.45) is 2.97. The third-order valence-electron chi connectivity index (χ3n) is 2.56. The van der Waals surface area contributed by atoms with Gasteiger partial charge in [0, 0.05) is 23.8 Å². The van der Waals surface area contributed by atoms with Gasteiger partial charge in [-0.05, 0) is 24.1 Å². The lowest BCUT2D eigenvalue weighted by Gasteiger charge is -2.17. The van der Waals surface area contributed by atoms with Gasteiger partial charge in [-0.15, -0.1) is 0 Å². The Labute approximate surface area is 76.6 Å². The number of benzene rings is 1. The molecule has 1 aliphatic rings. The number of nitrogens with zero attached hydrogens (tertiary/aromatic N) is 1. The molecule has 2 aromatic rings. The summed E-state index contributed by atoms with van der Waals surface area (Å²) in [6, 6.07) is 8.38. The van der Waals surface area contributed by atoms with Crippen LogP contribution < -0.4 is 5.32 Å². The van der Waals surface area contributed by atoms with E-state index in [4.69, 9.17) is 0 Å². The van der Waals surface area contributed by atoms with Gasteiger partial charge in [0.1, 0.15) is 0 Å². The first-order valence-electron chi connectivity index (χ1n) is 4.55. The molecular weight excluding hydrogens is 160 g/mol. The summed E-state index contributed by atoms with van der Waals surface area (Å²) >= 11 is 0. The lowest BCUT2D eigenvalue weighted by Crippen LogP contribution is -2.11. The molecule has 0 saturated heterocycles. The minimum atomic E-state index is 1.04. The van der Waals surface area contributed by atoms with E-state index in [2.05, 4.69) is 28.5 Å². The first kappa shape index (κ1) is 6.89. The second kappa shape index (κ2) is 2.46. The summed E-state index contributed by atoms with van der Waals surface area (Å²) in [5.74, 6) is 0. The van der Waals surface area contributed by atoms with E-state index >= 15 is 0 Å². The van der Waals surface area contributed by atoms with Crippen LogP contribution >= 0.6 is 0 Å². The van der Waals surface area contributed by atoms with E-state index < -0.39 is 0 Å². The molecule has 1 aromatic carbocycles. The summed E-state index contributed by atoms with van der Waals surface area (Å²) in [5, 5.41) is 4.69. The number of rotatable bonds is 0. The minimum absolute atomic E-state index is 1.04. The number of aromatic nitrogens is 1. The Morgan fingerprint density at radius 3 is 3.23 bits per heavy atom. The molecule has 64 valence electrons. The highest BCUT2D eigenvalue weighted by Crippen LogP contribution is 2.28. The summed E-state index contributed by atoms with van der Waals surface area (Å²) in [5.41, 5.74) is 3.74. The van der Waals surface area contributed by atoms with Crippen LogP contribution in [0.25, 0.3) is 10.9 Å². The highest BCUT2D eigenvalue weighted by Gasteiger charge is 2.10. The molecule has 0 aliphatic carbocycles. The second-order valence-electron chi connectivity index (χ2n) is 3.35. The zero-order valence-corrected chi connectivity index (χ0v) is 7.25. The zero-order valence-electron chi connectivity index (χ0n) is 7.25. The van der Waals surface area contributed by atoms with Crippen molar-refractivity contribution in [1.82, 2.24) is 4.98 Å². The molecule has 0 saturated carbocycles. The van der Waals surface area contributed by atoms with Crippen LogP contribution in [0, 0.1) is 0 Å². The van der Waals surface area contributed by atoms with Crippen molar-refractivity contribution >= 4 is 16.6 Å². The highest BCUT2D eigenvalue weighted by atomic mass is 14.9. The third kappa shape index (κ3) is 0.917. The van der Waals surface area contributed by atoms with Gasteiger partial charge in [0.15, 0.2) is 0 Å². The van der Waals surface area contributed by atoms with Crippen LogP contribution in [0.2, 0.25) is 0 Å². The van der Waals surface area contributed by atoms with Gasteiger partial charge < -0.3 is 5.32 Å². The van der Waals surface area contributed by atoms with Crippen LogP contribution in [-0.4, -0.2) is 11.5 Å². The lowest BCUT2D eigenvalue weighted by molar-refractivity contribution is 1.01. The monoisotopic (exact) mass is 170 g/mol. The van der Waals surface area contributed by atoms with Crippen LogP contribution in [0.15, 0.2) is 30.5 Å². The molecule has 0 bridgehead atoms. The normalized spacial score (nSPS) is 14.2. The van der Waals surface area contributed by atoms with E-state index in [1.165, 1.54) is 16.6 Å². The maximum absolute atomic E-state index is 4.34. The van der Waals surface area contributed by atoms with Crippen LogP contribution in [0.3, 0.4) is 0 Å². The van der Waals surface area contributed by atoms with Crippen molar-refractivity contribution in [1.29, 1.82) is 0 Å². The Bertz CT molecular complexity index is 424. The Morgan fingerprint density at radius 1 is 1.23 bits per heavy atom. The number of pyridine rings is 1. The second-order valence-corrected chi connectivity index (χ2v) is 3.35. The molecule has 1 aliphatic heterocycles. The van der Waals surface area contributed by atoms with E-state index in [0.717, 1.165) is 18.5 Å². The fourth-order valence-electron chi connectivity index (χ4n) is 1.97. The lowest BCUT2D eigenvalue weighted by atomic mass is 10.0. The zero-order chi connectivity index (χ0) is 8.67. The molecule has 2 heteroatoms. The van der Waals surface area contributed by atoms with Gasteiger partial charge in [0.05, 0.1) is 5.52 Å². The van der Waals surface area contributed by atoms with Crippen molar-refractivity contribution in [2.45, 2.75) is 6.42 Å². The summed E-state index contributed by atoms with van der Waals surface area (Å²) in [7, 11) is 0. The number of anilines is 1. The van der Waals surface area contributed by atoms with E-state index in [1.54, 1.807) is 0 Å². The highest BCUT2D eigenvalue weighted by molar-refractivity contribution is 5.94. The molecule has 2 nitrogen and oxygen atoms in total. The number of nitrogens with one attached hydrogen (secondary N) is 1. The number of hydrogen-bond donors (Lipinski definition) is 1. The van der Waals surface area contributed by atoms with E-state index in [9.17, 15) is 0 Å². The maximum atomic E-state index is 4.34. The fourth-order valence-corrected chi connectivity index (χ4v) is 1.97. The molecule has 0 spiro atoms. The molecule has 0 atom stereocenters. The smallest absolute Gasteiger partial charge is 0.0725 e. The first-order valence-corrected chi connectivity index (χ1v) is 4.55. The van der Waals surface area contributed by atoms with Gasteiger partial charge >= 0.3 is 0 Å². The third-order valence-corrected chi connectivity index (χ3v) is 2.56. The molecule has 13 heavy (non-hydrogen) atoms. The van der Waals surface area contributed by atoms with Crippen molar-refractivity contribution < 1.29 is 0 Å². The molecule has 0 radical (unpaired) electrons. The summed E-state index contributed by atoms with van der Waals surface area (Å²) < 4.78 is 0.